The van der Waals surface area contributed by atoms with Crippen molar-refractivity contribution in [2.24, 2.45) is 5.92 Å². The summed E-state index contributed by atoms with van der Waals surface area (Å²) >= 11 is 0. The molecule has 2 aliphatic carbocycles. The molecular formula is C13H18N2. The molecule has 1 fully saturated rings. The fourth-order valence-corrected chi connectivity index (χ4v) is 2.56. The van der Waals surface area contributed by atoms with Gasteiger partial charge in [0.15, 0.2) is 0 Å². The van der Waals surface area contributed by atoms with Gasteiger partial charge in [0.2, 0.25) is 0 Å². The zero-order valence-corrected chi connectivity index (χ0v) is 9.24. The number of fused-ring (bicyclic) bond motifs is 1. The van der Waals surface area contributed by atoms with Gasteiger partial charge < -0.3 is 5.32 Å². The smallest absolute Gasteiger partial charge is 0.0352 e. The fraction of sp³-hybridized carbons (Fsp3) is 0.615. The van der Waals surface area contributed by atoms with Gasteiger partial charge in [-0.25, -0.2) is 0 Å². The minimum Gasteiger partial charge on any atom is -0.307 e. The highest BCUT2D eigenvalue weighted by Gasteiger charge is 2.31. The molecule has 0 amide bonds. The van der Waals surface area contributed by atoms with E-state index in [1.165, 1.54) is 36.8 Å². The van der Waals surface area contributed by atoms with Crippen LogP contribution in [0.4, 0.5) is 0 Å². The van der Waals surface area contributed by atoms with Crippen molar-refractivity contribution in [3.8, 4) is 0 Å². The Morgan fingerprint density at radius 3 is 3.00 bits per heavy atom. The van der Waals surface area contributed by atoms with Gasteiger partial charge in [0.25, 0.3) is 0 Å². The minimum absolute atomic E-state index is 0.573. The summed E-state index contributed by atoms with van der Waals surface area (Å²) in [5.74, 6) is 0.764. The van der Waals surface area contributed by atoms with Crippen LogP contribution in [-0.2, 0) is 6.42 Å². The predicted molar refractivity (Wildman–Crippen MR) is 60.6 cm³/mol. The van der Waals surface area contributed by atoms with Crippen molar-refractivity contribution >= 4 is 0 Å². The van der Waals surface area contributed by atoms with Crippen LogP contribution in [0.1, 0.15) is 43.4 Å². The highest BCUT2D eigenvalue weighted by Crippen LogP contribution is 2.36. The van der Waals surface area contributed by atoms with Crippen LogP contribution in [-0.4, -0.2) is 11.0 Å². The van der Waals surface area contributed by atoms with Crippen LogP contribution in [0.15, 0.2) is 18.5 Å². The summed E-state index contributed by atoms with van der Waals surface area (Å²) in [4.78, 5) is 4.22. The SMILES string of the molecule is CC1CCc2cnccc2C1NC1CC1. The minimum atomic E-state index is 0.573. The van der Waals surface area contributed by atoms with E-state index in [1.807, 2.05) is 12.4 Å². The quantitative estimate of drug-likeness (QED) is 0.797. The monoisotopic (exact) mass is 202 g/mol. The van der Waals surface area contributed by atoms with Crippen molar-refractivity contribution in [1.82, 2.24) is 10.3 Å². The molecule has 2 nitrogen and oxygen atoms in total. The number of nitrogens with one attached hydrogen (secondary N) is 1. The second kappa shape index (κ2) is 3.60. The van der Waals surface area contributed by atoms with Crippen LogP contribution in [0.2, 0.25) is 0 Å². The Labute approximate surface area is 91.1 Å². The summed E-state index contributed by atoms with van der Waals surface area (Å²) in [6, 6.07) is 3.56. The van der Waals surface area contributed by atoms with Crippen LogP contribution in [0.3, 0.4) is 0 Å². The van der Waals surface area contributed by atoms with Gasteiger partial charge in [-0.05, 0) is 48.8 Å². The third-order valence-electron chi connectivity index (χ3n) is 3.71. The largest absolute Gasteiger partial charge is 0.307 e. The second-order valence-corrected chi connectivity index (χ2v) is 5.01. The van der Waals surface area contributed by atoms with Crippen molar-refractivity contribution in [3.63, 3.8) is 0 Å². The molecular weight excluding hydrogens is 184 g/mol. The third kappa shape index (κ3) is 1.78. The van der Waals surface area contributed by atoms with E-state index in [2.05, 4.69) is 23.3 Å². The zero-order valence-electron chi connectivity index (χ0n) is 9.24. The Kier molecular flexibility index (Phi) is 2.24. The van der Waals surface area contributed by atoms with Crippen molar-refractivity contribution in [1.29, 1.82) is 0 Å². The van der Waals surface area contributed by atoms with Gasteiger partial charge in [-0.2, -0.15) is 0 Å². The molecule has 1 aromatic rings. The summed E-state index contributed by atoms with van der Waals surface area (Å²) in [5.41, 5.74) is 2.95. The summed E-state index contributed by atoms with van der Waals surface area (Å²) in [5, 5.41) is 3.77. The first-order valence-electron chi connectivity index (χ1n) is 6.03. The van der Waals surface area contributed by atoms with Crippen molar-refractivity contribution in [2.45, 2.75) is 44.7 Å². The van der Waals surface area contributed by atoms with Crippen molar-refractivity contribution in [3.05, 3.63) is 29.6 Å². The van der Waals surface area contributed by atoms with E-state index in [4.69, 9.17) is 0 Å². The Hall–Kier alpha value is -0.890. The van der Waals surface area contributed by atoms with Crippen molar-refractivity contribution in [2.75, 3.05) is 0 Å². The van der Waals surface area contributed by atoms with E-state index in [0.717, 1.165) is 12.0 Å². The molecule has 1 heterocycles. The maximum atomic E-state index is 4.22. The van der Waals surface area contributed by atoms with Crippen LogP contribution in [0, 0.1) is 5.92 Å². The number of rotatable bonds is 2. The molecule has 0 spiro atoms. The fourth-order valence-electron chi connectivity index (χ4n) is 2.56. The van der Waals surface area contributed by atoms with E-state index in [-0.39, 0.29) is 0 Å². The van der Waals surface area contributed by atoms with E-state index < -0.39 is 0 Å². The number of aryl methyl sites for hydroxylation is 1. The molecule has 1 aromatic heterocycles. The first-order valence-corrected chi connectivity index (χ1v) is 6.03. The first-order chi connectivity index (χ1) is 7.34. The maximum absolute atomic E-state index is 4.22. The molecule has 1 N–H and O–H groups in total. The van der Waals surface area contributed by atoms with Crippen LogP contribution in [0.5, 0.6) is 0 Å². The average molecular weight is 202 g/mol. The van der Waals surface area contributed by atoms with E-state index in [1.54, 1.807) is 0 Å². The molecule has 3 rings (SSSR count). The number of hydrogen-bond donors (Lipinski definition) is 1. The van der Waals surface area contributed by atoms with Crippen LogP contribution in [0.25, 0.3) is 0 Å². The lowest BCUT2D eigenvalue weighted by molar-refractivity contribution is 0.342. The normalized spacial score (nSPS) is 29.9. The molecule has 2 aliphatic rings. The Morgan fingerprint density at radius 2 is 2.20 bits per heavy atom. The Morgan fingerprint density at radius 1 is 1.33 bits per heavy atom. The third-order valence-corrected chi connectivity index (χ3v) is 3.71. The standard InChI is InChI=1S/C13H18N2/c1-9-2-3-10-8-14-7-6-12(10)13(9)15-11-4-5-11/h6-9,11,13,15H,2-5H2,1H3. The highest BCUT2D eigenvalue weighted by molar-refractivity contribution is 5.30. The lowest BCUT2D eigenvalue weighted by Gasteiger charge is -2.32. The van der Waals surface area contributed by atoms with Crippen molar-refractivity contribution < 1.29 is 0 Å². The molecule has 1 saturated carbocycles. The van der Waals surface area contributed by atoms with E-state index in [9.17, 15) is 0 Å². The molecule has 2 atom stereocenters. The van der Waals surface area contributed by atoms with Gasteiger partial charge >= 0.3 is 0 Å². The van der Waals surface area contributed by atoms with Gasteiger partial charge in [0.1, 0.15) is 0 Å². The Balaban J connectivity index is 1.90. The molecule has 15 heavy (non-hydrogen) atoms. The topological polar surface area (TPSA) is 24.9 Å². The number of aromatic nitrogens is 1. The number of nitrogens with zero attached hydrogens (tertiary/aromatic N) is 1. The lowest BCUT2D eigenvalue weighted by Crippen LogP contribution is -2.32. The summed E-state index contributed by atoms with van der Waals surface area (Å²) in [6.07, 6.45) is 9.20. The molecule has 0 saturated heterocycles. The molecule has 2 unspecified atom stereocenters. The van der Waals surface area contributed by atoms with Gasteiger partial charge in [-0.15, -0.1) is 0 Å². The molecule has 0 bridgehead atoms. The van der Waals surface area contributed by atoms with E-state index >= 15 is 0 Å². The number of pyridine rings is 1. The number of hydrogen-bond acceptors (Lipinski definition) is 2. The average Bonchev–Trinajstić information content (AvgIpc) is 3.06. The predicted octanol–water partition coefficient (Wildman–Crippen LogP) is 2.46. The first kappa shape index (κ1) is 9.34. The highest BCUT2D eigenvalue weighted by atomic mass is 15.0. The van der Waals surface area contributed by atoms with Crippen LogP contribution < -0.4 is 5.32 Å². The molecule has 0 aliphatic heterocycles. The lowest BCUT2D eigenvalue weighted by atomic mass is 9.81. The molecule has 0 radical (unpaired) electrons. The van der Waals surface area contributed by atoms with Gasteiger partial charge in [0.05, 0.1) is 0 Å². The summed E-state index contributed by atoms with van der Waals surface area (Å²) in [7, 11) is 0. The molecule has 80 valence electrons. The van der Waals surface area contributed by atoms with Crippen LogP contribution >= 0.6 is 0 Å². The van der Waals surface area contributed by atoms with Gasteiger partial charge in [-0.1, -0.05) is 6.92 Å². The zero-order chi connectivity index (χ0) is 10.3. The molecule has 2 heteroatoms. The summed E-state index contributed by atoms with van der Waals surface area (Å²) < 4.78 is 0. The maximum Gasteiger partial charge on any atom is 0.0352 e. The second-order valence-electron chi connectivity index (χ2n) is 5.01. The Bertz CT molecular complexity index is 357. The summed E-state index contributed by atoms with van der Waals surface area (Å²) in [6.45, 7) is 2.36. The van der Waals surface area contributed by atoms with E-state index in [0.29, 0.717) is 6.04 Å². The van der Waals surface area contributed by atoms with Gasteiger partial charge in [-0.3, -0.25) is 4.98 Å². The molecule has 0 aromatic carbocycles. The van der Waals surface area contributed by atoms with Gasteiger partial charge in [0, 0.05) is 24.5 Å².